The van der Waals surface area contributed by atoms with E-state index in [1.54, 1.807) is 0 Å². The first-order valence-corrected chi connectivity index (χ1v) is 7.45. The van der Waals surface area contributed by atoms with E-state index in [2.05, 4.69) is 17.6 Å². The number of hydrogen-bond donors (Lipinski definition) is 2. The van der Waals surface area contributed by atoms with Crippen LogP contribution in [0.4, 0.5) is 0 Å². The minimum absolute atomic E-state index is 0. The molecule has 2 heterocycles. The highest BCUT2D eigenvalue weighted by Gasteiger charge is 2.22. The summed E-state index contributed by atoms with van der Waals surface area (Å²) in [5, 5.41) is 6.53. The van der Waals surface area contributed by atoms with Gasteiger partial charge in [0.2, 0.25) is 0 Å². The Morgan fingerprint density at radius 2 is 2.19 bits per heavy atom. The molecule has 0 saturated carbocycles. The molecule has 1 fully saturated rings. The van der Waals surface area contributed by atoms with Crippen LogP contribution in [0.5, 0.6) is 0 Å². The molecule has 1 amide bonds. The molecule has 4 nitrogen and oxygen atoms in total. The fourth-order valence-electron chi connectivity index (χ4n) is 3.03. The van der Waals surface area contributed by atoms with Crippen molar-refractivity contribution in [3.8, 4) is 0 Å². The Morgan fingerprint density at radius 1 is 1.38 bits per heavy atom. The van der Waals surface area contributed by atoms with Crippen LogP contribution in [0.25, 0.3) is 0 Å². The average Bonchev–Trinajstić information content (AvgIpc) is 2.95. The van der Waals surface area contributed by atoms with Crippen LogP contribution in [-0.2, 0) is 18.0 Å². The van der Waals surface area contributed by atoms with E-state index in [0.717, 1.165) is 24.2 Å². The Morgan fingerprint density at radius 3 is 2.95 bits per heavy atom. The molecule has 5 heteroatoms. The Hall–Kier alpha value is -1.10. The zero-order valence-corrected chi connectivity index (χ0v) is 13.2. The second-order valence-electron chi connectivity index (χ2n) is 5.84. The van der Waals surface area contributed by atoms with E-state index >= 15 is 0 Å². The van der Waals surface area contributed by atoms with Crippen LogP contribution in [0.3, 0.4) is 0 Å². The lowest BCUT2D eigenvalue weighted by atomic mass is 9.92. The predicted molar refractivity (Wildman–Crippen MR) is 84.7 cm³/mol. The van der Waals surface area contributed by atoms with Crippen molar-refractivity contribution >= 4 is 18.3 Å². The summed E-state index contributed by atoms with van der Waals surface area (Å²) < 4.78 is 5.39. The van der Waals surface area contributed by atoms with Crippen molar-refractivity contribution in [3.63, 3.8) is 0 Å². The summed E-state index contributed by atoms with van der Waals surface area (Å²) in [6, 6.07) is 6.07. The first-order chi connectivity index (χ1) is 9.74. The monoisotopic (exact) mass is 310 g/mol. The van der Waals surface area contributed by atoms with Crippen LogP contribution < -0.4 is 10.6 Å². The van der Waals surface area contributed by atoms with Gasteiger partial charge in [0.25, 0.3) is 5.91 Å². The van der Waals surface area contributed by atoms with E-state index in [9.17, 15) is 4.79 Å². The lowest BCUT2D eigenvalue weighted by Crippen LogP contribution is -2.44. The zero-order valence-electron chi connectivity index (χ0n) is 12.4. The molecule has 0 spiro atoms. The van der Waals surface area contributed by atoms with Crippen LogP contribution in [-0.4, -0.2) is 25.0 Å². The van der Waals surface area contributed by atoms with E-state index in [0.29, 0.717) is 19.1 Å². The van der Waals surface area contributed by atoms with Crippen molar-refractivity contribution in [1.82, 2.24) is 10.6 Å². The van der Waals surface area contributed by atoms with E-state index < -0.39 is 0 Å². The van der Waals surface area contributed by atoms with Gasteiger partial charge in [-0.3, -0.25) is 4.79 Å². The van der Waals surface area contributed by atoms with E-state index in [1.165, 1.54) is 18.4 Å². The zero-order chi connectivity index (χ0) is 13.9. The van der Waals surface area contributed by atoms with Gasteiger partial charge in [-0.1, -0.05) is 6.07 Å². The number of carbonyl (C=O) groups excluding carboxylic acids is 1. The summed E-state index contributed by atoms with van der Waals surface area (Å²) in [7, 11) is 0. The molecule has 0 aromatic heterocycles. The first kappa shape index (κ1) is 16.3. The number of hydrogen-bond acceptors (Lipinski definition) is 3. The topological polar surface area (TPSA) is 50.4 Å². The summed E-state index contributed by atoms with van der Waals surface area (Å²) in [4.78, 5) is 12.3. The molecular formula is C16H23ClN2O2. The summed E-state index contributed by atoms with van der Waals surface area (Å²) in [6.07, 6.45) is 2.38. The summed E-state index contributed by atoms with van der Waals surface area (Å²) in [5.74, 6) is 0.559. The number of amides is 1. The van der Waals surface area contributed by atoms with Gasteiger partial charge in [-0.25, -0.2) is 0 Å². The fourth-order valence-corrected chi connectivity index (χ4v) is 3.03. The van der Waals surface area contributed by atoms with Gasteiger partial charge < -0.3 is 15.4 Å². The molecule has 2 N–H and O–H groups in total. The third-order valence-electron chi connectivity index (χ3n) is 4.38. The molecule has 2 aliphatic heterocycles. The summed E-state index contributed by atoms with van der Waals surface area (Å²) in [5.41, 5.74) is 3.08. The number of ether oxygens (including phenoxy) is 1. The Balaban J connectivity index is 0.00000161. The number of benzene rings is 1. The standard InChI is InChI=1S/C16H22N2O2.ClH/c1-11(13-3-2-6-17-8-13)18-16(19)12-4-5-14-9-20-10-15(14)7-12;/h4-5,7,11,13,17H,2-3,6,8-10H2,1H3,(H,18,19);1H. The molecule has 1 aromatic rings. The lowest BCUT2D eigenvalue weighted by Gasteiger charge is -2.29. The van der Waals surface area contributed by atoms with Crippen molar-refractivity contribution in [2.24, 2.45) is 5.92 Å². The lowest BCUT2D eigenvalue weighted by molar-refractivity contribution is 0.0921. The Bertz CT molecular complexity index is 501. The molecule has 2 unspecified atom stereocenters. The molecule has 2 atom stereocenters. The maximum atomic E-state index is 12.3. The average molecular weight is 311 g/mol. The van der Waals surface area contributed by atoms with Crippen molar-refractivity contribution in [3.05, 3.63) is 34.9 Å². The number of halogens is 1. The van der Waals surface area contributed by atoms with Gasteiger partial charge in [-0.15, -0.1) is 12.4 Å². The SMILES string of the molecule is CC(NC(=O)c1ccc2c(c1)COC2)C1CCCNC1.Cl. The van der Waals surface area contributed by atoms with E-state index in [4.69, 9.17) is 4.74 Å². The highest BCUT2D eigenvalue weighted by atomic mass is 35.5. The molecule has 1 saturated heterocycles. The quantitative estimate of drug-likeness (QED) is 0.900. The minimum Gasteiger partial charge on any atom is -0.372 e. The smallest absolute Gasteiger partial charge is 0.251 e. The minimum atomic E-state index is 0. The highest BCUT2D eigenvalue weighted by Crippen LogP contribution is 2.21. The fraction of sp³-hybridized carbons (Fsp3) is 0.562. The number of fused-ring (bicyclic) bond motifs is 1. The van der Waals surface area contributed by atoms with Crippen molar-refractivity contribution in [2.45, 2.75) is 39.0 Å². The maximum Gasteiger partial charge on any atom is 0.251 e. The predicted octanol–water partition coefficient (Wildman–Crippen LogP) is 2.26. The van der Waals surface area contributed by atoms with E-state index in [-0.39, 0.29) is 24.4 Å². The molecule has 21 heavy (non-hydrogen) atoms. The van der Waals surface area contributed by atoms with Gasteiger partial charge in [0.1, 0.15) is 0 Å². The van der Waals surface area contributed by atoms with Crippen LogP contribution in [0.2, 0.25) is 0 Å². The summed E-state index contributed by atoms with van der Waals surface area (Å²) in [6.45, 7) is 5.49. The molecule has 3 rings (SSSR count). The van der Waals surface area contributed by atoms with Gasteiger partial charge in [0.05, 0.1) is 13.2 Å². The summed E-state index contributed by atoms with van der Waals surface area (Å²) >= 11 is 0. The third-order valence-corrected chi connectivity index (χ3v) is 4.38. The molecule has 116 valence electrons. The van der Waals surface area contributed by atoms with Crippen LogP contribution in [0.15, 0.2) is 18.2 Å². The molecule has 2 aliphatic rings. The maximum absolute atomic E-state index is 12.3. The molecule has 0 aliphatic carbocycles. The van der Waals surface area contributed by atoms with Gasteiger partial charge >= 0.3 is 0 Å². The Kier molecular flexibility index (Phi) is 5.62. The molecule has 0 radical (unpaired) electrons. The van der Waals surface area contributed by atoms with Gasteiger partial charge in [-0.05, 0) is 62.0 Å². The molecular weight excluding hydrogens is 288 g/mol. The second kappa shape index (κ2) is 7.25. The Labute approximate surface area is 132 Å². The first-order valence-electron chi connectivity index (χ1n) is 7.45. The number of carbonyl (C=O) groups is 1. The van der Waals surface area contributed by atoms with Crippen LogP contribution in [0.1, 0.15) is 41.3 Å². The second-order valence-corrected chi connectivity index (χ2v) is 5.84. The number of nitrogens with one attached hydrogen (secondary N) is 2. The molecule has 1 aromatic carbocycles. The van der Waals surface area contributed by atoms with Crippen LogP contribution >= 0.6 is 12.4 Å². The van der Waals surface area contributed by atoms with Gasteiger partial charge in [0, 0.05) is 11.6 Å². The van der Waals surface area contributed by atoms with Crippen molar-refractivity contribution in [2.75, 3.05) is 13.1 Å². The number of rotatable bonds is 3. The molecule has 0 bridgehead atoms. The van der Waals surface area contributed by atoms with Crippen molar-refractivity contribution in [1.29, 1.82) is 0 Å². The van der Waals surface area contributed by atoms with Crippen LogP contribution in [0, 0.1) is 5.92 Å². The normalized spacial score (nSPS) is 22.0. The van der Waals surface area contributed by atoms with E-state index in [1.807, 2.05) is 18.2 Å². The van der Waals surface area contributed by atoms with Gasteiger partial charge in [-0.2, -0.15) is 0 Å². The van der Waals surface area contributed by atoms with Gasteiger partial charge in [0.15, 0.2) is 0 Å². The highest BCUT2D eigenvalue weighted by molar-refractivity contribution is 5.94. The number of piperidine rings is 1. The third kappa shape index (κ3) is 3.76. The van der Waals surface area contributed by atoms with Crippen molar-refractivity contribution < 1.29 is 9.53 Å². The largest absolute Gasteiger partial charge is 0.372 e.